The van der Waals surface area contributed by atoms with E-state index in [9.17, 15) is 9.59 Å². The van der Waals surface area contributed by atoms with E-state index in [1.165, 1.54) is 17.1 Å². The summed E-state index contributed by atoms with van der Waals surface area (Å²) in [6, 6.07) is 10.3. The zero-order valence-corrected chi connectivity index (χ0v) is 26.7. The highest BCUT2D eigenvalue weighted by Gasteiger charge is 2.26. The minimum absolute atomic E-state index is 0.000633. The molecule has 3 heterocycles. The van der Waals surface area contributed by atoms with E-state index in [1.54, 1.807) is 54.6 Å². The number of anilines is 3. The lowest BCUT2D eigenvalue weighted by atomic mass is 10.0. The number of esters is 1. The second kappa shape index (κ2) is 14.1. The second-order valence-corrected chi connectivity index (χ2v) is 12.1. The van der Waals surface area contributed by atoms with Gasteiger partial charge in [0.25, 0.3) is 5.56 Å². The monoisotopic (exact) mass is 638 g/mol. The number of pyridine rings is 1. The van der Waals surface area contributed by atoms with Crippen LogP contribution in [0.25, 0.3) is 27.8 Å². The Morgan fingerprint density at radius 3 is 2.66 bits per heavy atom. The Kier molecular flexibility index (Phi) is 9.55. The maximum Gasteiger partial charge on any atom is 0.306 e. The number of unbranched alkanes of at least 4 members (excludes halogenated alkanes) is 5. The number of carbonyl (C=O) groups excluding carboxylic acids is 1. The number of nitrogens with one attached hydrogen (secondary N) is 1. The number of fused-ring (bicyclic) bond motifs is 1. The number of nitrogen functional groups attached to an aromatic ring is 1. The maximum absolute atomic E-state index is 15.4. The average Bonchev–Trinajstić information content (AvgIpc) is 3.82. The number of ether oxygens (including phenoxy) is 1. The van der Waals surface area contributed by atoms with Crippen LogP contribution in [0.5, 0.6) is 0 Å². The van der Waals surface area contributed by atoms with Gasteiger partial charge in [-0.05, 0) is 54.3 Å². The van der Waals surface area contributed by atoms with E-state index in [1.807, 2.05) is 6.07 Å². The summed E-state index contributed by atoms with van der Waals surface area (Å²) in [6.45, 7) is 2.00. The van der Waals surface area contributed by atoms with Crippen molar-refractivity contribution in [3.05, 3.63) is 82.3 Å². The molecule has 0 bridgehead atoms. The van der Waals surface area contributed by atoms with Crippen LogP contribution in [-0.2, 0) is 23.2 Å². The van der Waals surface area contributed by atoms with Gasteiger partial charge in [0.1, 0.15) is 12.4 Å². The summed E-state index contributed by atoms with van der Waals surface area (Å²) in [5.74, 6) is -0.191. The molecule has 47 heavy (non-hydrogen) atoms. The zero-order chi connectivity index (χ0) is 32.9. The number of benzene rings is 2. The fourth-order valence-corrected chi connectivity index (χ4v) is 5.81. The smallest absolute Gasteiger partial charge is 0.306 e. The molecule has 0 radical (unpaired) electrons. The van der Waals surface area contributed by atoms with Crippen LogP contribution in [0.1, 0.15) is 81.8 Å². The molecule has 12 heteroatoms. The Balaban J connectivity index is 1.37. The van der Waals surface area contributed by atoms with Gasteiger partial charge in [0.05, 0.1) is 23.0 Å². The van der Waals surface area contributed by atoms with E-state index in [4.69, 9.17) is 10.5 Å². The summed E-state index contributed by atoms with van der Waals surface area (Å²) in [5, 5.41) is 7.78. The van der Waals surface area contributed by atoms with Crippen molar-refractivity contribution in [1.82, 2.24) is 29.3 Å². The van der Waals surface area contributed by atoms with Gasteiger partial charge < -0.3 is 15.8 Å². The van der Waals surface area contributed by atoms with Gasteiger partial charge in [0.15, 0.2) is 5.82 Å². The van der Waals surface area contributed by atoms with Crippen LogP contribution in [0.3, 0.4) is 0 Å². The van der Waals surface area contributed by atoms with Crippen molar-refractivity contribution >= 4 is 34.3 Å². The predicted octanol–water partition coefficient (Wildman–Crippen LogP) is 6.71. The first kappa shape index (κ1) is 31.8. The molecular formula is C35H39FN8O3. The molecule has 1 aliphatic carbocycles. The molecular weight excluding hydrogens is 599 g/mol. The van der Waals surface area contributed by atoms with Gasteiger partial charge in [0.2, 0.25) is 11.9 Å². The van der Waals surface area contributed by atoms with Crippen molar-refractivity contribution < 1.29 is 13.9 Å². The van der Waals surface area contributed by atoms with Gasteiger partial charge in [-0.15, -0.1) is 0 Å². The SMILES string of the molecule is CCCCCCCCC(=O)OCc1c(-c2nc(N)nc(Nc3cnn(C)c3)n2)cccc1-n1ccc2cc(C3CC3)cc(F)c2c1=O. The molecule has 5 aromatic rings. The number of aryl methyl sites for hydroxylation is 1. The van der Waals surface area contributed by atoms with E-state index < -0.39 is 11.4 Å². The van der Waals surface area contributed by atoms with Gasteiger partial charge in [0, 0.05) is 37.0 Å². The summed E-state index contributed by atoms with van der Waals surface area (Å²) in [6.07, 6.45) is 13.6. The number of nitrogens with two attached hydrogens (primary N) is 1. The Bertz CT molecular complexity index is 1970. The normalized spacial score (nSPS) is 12.8. The van der Waals surface area contributed by atoms with Gasteiger partial charge >= 0.3 is 5.97 Å². The third-order valence-electron chi connectivity index (χ3n) is 8.41. The van der Waals surface area contributed by atoms with Crippen LogP contribution in [0.4, 0.5) is 22.0 Å². The fourth-order valence-electron chi connectivity index (χ4n) is 5.81. The van der Waals surface area contributed by atoms with E-state index >= 15 is 4.39 Å². The van der Waals surface area contributed by atoms with E-state index in [-0.39, 0.29) is 42.1 Å². The highest BCUT2D eigenvalue weighted by Crippen LogP contribution is 2.41. The number of nitrogens with zero attached hydrogens (tertiary/aromatic N) is 6. The molecule has 1 saturated carbocycles. The molecule has 0 atom stereocenters. The van der Waals surface area contributed by atoms with Crippen LogP contribution in [0.15, 0.2) is 59.8 Å². The number of rotatable bonds is 14. The van der Waals surface area contributed by atoms with E-state index in [0.29, 0.717) is 33.8 Å². The highest BCUT2D eigenvalue weighted by atomic mass is 19.1. The van der Waals surface area contributed by atoms with Gasteiger partial charge in [-0.3, -0.25) is 18.8 Å². The molecule has 3 aromatic heterocycles. The molecule has 2 aromatic carbocycles. The summed E-state index contributed by atoms with van der Waals surface area (Å²) >= 11 is 0. The third kappa shape index (κ3) is 7.48. The zero-order valence-electron chi connectivity index (χ0n) is 26.7. The summed E-state index contributed by atoms with van der Waals surface area (Å²) < 4.78 is 24.2. The van der Waals surface area contributed by atoms with Crippen molar-refractivity contribution in [3.63, 3.8) is 0 Å². The third-order valence-corrected chi connectivity index (χ3v) is 8.41. The average molecular weight is 639 g/mol. The molecule has 3 N–H and O–H groups in total. The van der Waals surface area contributed by atoms with Crippen molar-refractivity contribution in [2.75, 3.05) is 11.1 Å². The fraction of sp³-hybridized carbons (Fsp3) is 0.371. The van der Waals surface area contributed by atoms with Crippen LogP contribution in [0, 0.1) is 5.82 Å². The standard InChI is InChI=1S/C35H39FN8O3/c1-3-4-5-6-7-8-12-30(45)47-21-27-26(32-40-34(37)42-35(41-32)39-25-19-38-43(2)20-25)10-9-11-29(27)44-16-15-23-17-24(22-13-14-22)18-28(36)31(23)33(44)46/h9-11,15-20,22H,3-8,12-14,21H2,1-2H3,(H3,37,39,40,41,42). The minimum Gasteiger partial charge on any atom is -0.461 e. The Morgan fingerprint density at radius 1 is 1.09 bits per heavy atom. The minimum atomic E-state index is -0.553. The number of carbonyl (C=O) groups is 1. The van der Waals surface area contributed by atoms with Crippen LogP contribution in [-0.4, -0.2) is 35.3 Å². The summed E-state index contributed by atoms with van der Waals surface area (Å²) in [4.78, 5) is 40.0. The Morgan fingerprint density at radius 2 is 1.89 bits per heavy atom. The molecule has 0 amide bonds. The molecule has 11 nitrogen and oxygen atoms in total. The lowest BCUT2D eigenvalue weighted by Crippen LogP contribution is -2.21. The summed E-state index contributed by atoms with van der Waals surface area (Å²) in [5.41, 5.74) is 8.51. The first-order chi connectivity index (χ1) is 22.8. The van der Waals surface area contributed by atoms with E-state index in [0.717, 1.165) is 50.5 Å². The largest absolute Gasteiger partial charge is 0.461 e. The second-order valence-electron chi connectivity index (χ2n) is 12.1. The molecule has 1 fully saturated rings. The molecule has 6 rings (SSSR count). The first-order valence-corrected chi connectivity index (χ1v) is 16.2. The quantitative estimate of drug-likeness (QED) is 0.100. The van der Waals surface area contributed by atoms with Crippen molar-refractivity contribution in [3.8, 4) is 17.1 Å². The van der Waals surface area contributed by atoms with Gasteiger partial charge in [-0.1, -0.05) is 57.2 Å². The molecule has 0 unspecified atom stereocenters. The van der Waals surface area contributed by atoms with Gasteiger partial charge in [-0.2, -0.15) is 20.1 Å². The number of aromatic nitrogens is 6. The van der Waals surface area contributed by atoms with Crippen molar-refractivity contribution in [2.45, 2.75) is 77.2 Å². The maximum atomic E-state index is 15.4. The lowest BCUT2D eigenvalue weighted by molar-refractivity contribution is -0.145. The Hall–Kier alpha value is -5.13. The van der Waals surface area contributed by atoms with Crippen LogP contribution >= 0.6 is 0 Å². The topological polar surface area (TPSA) is 143 Å². The van der Waals surface area contributed by atoms with Crippen LogP contribution in [0.2, 0.25) is 0 Å². The summed E-state index contributed by atoms with van der Waals surface area (Å²) in [7, 11) is 1.79. The van der Waals surface area contributed by atoms with Crippen LogP contribution < -0.4 is 16.6 Å². The van der Waals surface area contributed by atoms with E-state index in [2.05, 4.69) is 32.3 Å². The molecule has 0 aliphatic heterocycles. The number of hydrogen-bond donors (Lipinski definition) is 2. The lowest BCUT2D eigenvalue weighted by Gasteiger charge is -2.17. The van der Waals surface area contributed by atoms with Gasteiger partial charge in [-0.25, -0.2) is 4.39 Å². The predicted molar refractivity (Wildman–Crippen MR) is 179 cm³/mol. The first-order valence-electron chi connectivity index (χ1n) is 16.2. The molecule has 244 valence electrons. The van der Waals surface area contributed by atoms with Crippen molar-refractivity contribution in [2.24, 2.45) is 7.05 Å². The van der Waals surface area contributed by atoms with Crippen molar-refractivity contribution in [1.29, 1.82) is 0 Å². The molecule has 1 aliphatic rings. The highest BCUT2D eigenvalue weighted by molar-refractivity contribution is 5.84. The number of halogens is 1. The Labute approximate surface area is 272 Å². The number of hydrogen-bond acceptors (Lipinski definition) is 9. The molecule has 0 saturated heterocycles. The molecule has 0 spiro atoms.